The second-order valence-corrected chi connectivity index (χ2v) is 7.03. The van der Waals surface area contributed by atoms with Crippen LogP contribution in [0.25, 0.3) is 27.8 Å². The van der Waals surface area contributed by atoms with Gasteiger partial charge in [0.1, 0.15) is 5.69 Å². The number of nitrogens with one attached hydrogen (secondary N) is 2. The quantitative estimate of drug-likeness (QED) is 0.326. The van der Waals surface area contributed by atoms with Gasteiger partial charge in [0.05, 0.1) is 17.5 Å². The van der Waals surface area contributed by atoms with Crippen LogP contribution >= 0.6 is 0 Å². The Morgan fingerprint density at radius 1 is 0.935 bits per heavy atom. The maximum absolute atomic E-state index is 12.6. The predicted molar refractivity (Wildman–Crippen MR) is 122 cm³/mol. The zero-order chi connectivity index (χ0) is 21.0. The number of H-pyrrole nitrogens is 1. The molecule has 5 rings (SSSR count). The highest BCUT2D eigenvalue weighted by Crippen LogP contribution is 2.22. The molecule has 0 aliphatic heterocycles. The molecule has 2 N–H and O–H groups in total. The molecule has 3 aromatic carbocycles. The highest BCUT2D eigenvalue weighted by atomic mass is 16.2. The number of rotatable bonds is 5. The lowest BCUT2D eigenvalue weighted by Gasteiger charge is -2.00. The number of benzene rings is 3. The van der Waals surface area contributed by atoms with E-state index in [2.05, 4.69) is 15.5 Å². The maximum Gasteiger partial charge on any atom is 0.273 e. The third-order valence-corrected chi connectivity index (χ3v) is 5.01. The molecule has 6 heteroatoms. The summed E-state index contributed by atoms with van der Waals surface area (Å²) in [5, 5.41) is 9.81. The minimum Gasteiger partial charge on any atom is -0.360 e. The second-order valence-electron chi connectivity index (χ2n) is 7.03. The number of fused-ring (bicyclic) bond motifs is 1. The summed E-state index contributed by atoms with van der Waals surface area (Å²) in [6.07, 6.45) is 5.22. The van der Waals surface area contributed by atoms with Gasteiger partial charge in [0.15, 0.2) is 0 Å². The number of para-hydroxylation sites is 2. The predicted octanol–water partition coefficient (Wildman–Crippen LogP) is 4.78. The third kappa shape index (κ3) is 3.74. The first-order valence-corrected chi connectivity index (χ1v) is 9.89. The van der Waals surface area contributed by atoms with Crippen LogP contribution in [0.3, 0.4) is 0 Å². The van der Waals surface area contributed by atoms with E-state index in [-0.39, 0.29) is 5.91 Å². The number of hydrogen-bond acceptors (Lipinski definition) is 3. The Morgan fingerprint density at radius 3 is 2.45 bits per heavy atom. The molecule has 6 nitrogen and oxygen atoms in total. The van der Waals surface area contributed by atoms with Gasteiger partial charge in [0.25, 0.3) is 5.91 Å². The fourth-order valence-corrected chi connectivity index (χ4v) is 3.50. The number of nitrogens with zero attached hydrogens (tertiary/aromatic N) is 3. The molecule has 150 valence electrons. The van der Waals surface area contributed by atoms with Gasteiger partial charge in [-0.1, -0.05) is 66.7 Å². The van der Waals surface area contributed by atoms with Crippen LogP contribution in [0.2, 0.25) is 0 Å². The first-order chi connectivity index (χ1) is 15.3. The minimum absolute atomic E-state index is 0.273. The molecule has 31 heavy (non-hydrogen) atoms. The molecule has 0 saturated heterocycles. The van der Waals surface area contributed by atoms with E-state index >= 15 is 0 Å². The molecule has 0 spiro atoms. The van der Waals surface area contributed by atoms with Crippen LogP contribution in [0.5, 0.6) is 0 Å². The van der Waals surface area contributed by atoms with E-state index in [0.717, 1.165) is 33.4 Å². The summed E-state index contributed by atoms with van der Waals surface area (Å²) in [7, 11) is 0. The molecular weight excluding hydrogens is 386 g/mol. The Kier molecular flexibility index (Phi) is 4.86. The fourth-order valence-electron chi connectivity index (χ4n) is 3.50. The summed E-state index contributed by atoms with van der Waals surface area (Å²) in [6.45, 7) is 0. The highest BCUT2D eigenvalue weighted by Gasteiger charge is 2.13. The van der Waals surface area contributed by atoms with Gasteiger partial charge in [-0.2, -0.15) is 10.2 Å². The van der Waals surface area contributed by atoms with E-state index < -0.39 is 0 Å². The first-order valence-electron chi connectivity index (χ1n) is 9.89. The van der Waals surface area contributed by atoms with Crippen molar-refractivity contribution in [2.45, 2.75) is 0 Å². The van der Waals surface area contributed by atoms with Crippen molar-refractivity contribution in [1.29, 1.82) is 0 Å². The Labute approximate surface area is 178 Å². The number of amides is 1. The topological polar surface area (TPSA) is 75.1 Å². The standard InChI is InChI=1S/C25H19N5O/c31-25(22-16-26-23-14-8-7-13-21(22)23)28-27-15-19-17-30(20-11-5-2-6-12-20)29-24(19)18-9-3-1-4-10-18/h1-17,26H,(H,28,31). The smallest absolute Gasteiger partial charge is 0.273 e. The zero-order valence-electron chi connectivity index (χ0n) is 16.6. The van der Waals surface area contributed by atoms with Crippen molar-refractivity contribution in [2.75, 3.05) is 0 Å². The number of aromatic nitrogens is 3. The van der Waals surface area contributed by atoms with Crippen LogP contribution in [-0.2, 0) is 0 Å². The second kappa shape index (κ2) is 8.12. The van der Waals surface area contributed by atoms with Gasteiger partial charge in [-0.25, -0.2) is 10.1 Å². The van der Waals surface area contributed by atoms with E-state index in [9.17, 15) is 4.79 Å². The van der Waals surface area contributed by atoms with Crippen molar-refractivity contribution >= 4 is 23.0 Å². The molecule has 0 aliphatic carbocycles. The van der Waals surface area contributed by atoms with E-state index in [4.69, 9.17) is 5.10 Å². The molecule has 0 atom stereocenters. The van der Waals surface area contributed by atoms with Crippen molar-refractivity contribution < 1.29 is 4.79 Å². The van der Waals surface area contributed by atoms with Crippen LogP contribution in [0.1, 0.15) is 15.9 Å². The average molecular weight is 405 g/mol. The monoisotopic (exact) mass is 405 g/mol. The van der Waals surface area contributed by atoms with Gasteiger partial charge in [-0.05, 0) is 18.2 Å². The molecule has 2 heterocycles. The molecule has 0 bridgehead atoms. The van der Waals surface area contributed by atoms with E-state index in [0.29, 0.717) is 5.56 Å². The van der Waals surface area contributed by atoms with Crippen molar-refractivity contribution in [1.82, 2.24) is 20.2 Å². The molecule has 0 aliphatic rings. The molecular formula is C25H19N5O. The van der Waals surface area contributed by atoms with Gasteiger partial charge in [-0.15, -0.1) is 0 Å². The van der Waals surface area contributed by atoms with E-state index in [1.807, 2.05) is 95.8 Å². The Bertz CT molecular complexity index is 1370. The lowest BCUT2D eigenvalue weighted by Crippen LogP contribution is -2.17. The van der Waals surface area contributed by atoms with Crippen molar-refractivity contribution in [2.24, 2.45) is 5.10 Å². The number of aromatic amines is 1. The van der Waals surface area contributed by atoms with Gasteiger partial charge < -0.3 is 4.98 Å². The van der Waals surface area contributed by atoms with Crippen molar-refractivity contribution in [3.05, 3.63) is 108 Å². The number of hydrazone groups is 1. The summed E-state index contributed by atoms with van der Waals surface area (Å²) in [5.41, 5.74) is 7.60. The molecule has 2 aromatic heterocycles. The van der Waals surface area contributed by atoms with Gasteiger partial charge in [-0.3, -0.25) is 4.79 Å². The van der Waals surface area contributed by atoms with Crippen molar-refractivity contribution in [3.63, 3.8) is 0 Å². The maximum atomic E-state index is 12.6. The largest absolute Gasteiger partial charge is 0.360 e. The van der Waals surface area contributed by atoms with Crippen molar-refractivity contribution in [3.8, 4) is 16.9 Å². The molecule has 5 aromatic rings. The van der Waals surface area contributed by atoms with E-state index in [1.165, 1.54) is 0 Å². The van der Waals surface area contributed by atoms with Crippen LogP contribution in [0.15, 0.2) is 102 Å². The molecule has 0 saturated carbocycles. The Morgan fingerprint density at radius 2 is 1.65 bits per heavy atom. The number of hydrogen-bond donors (Lipinski definition) is 2. The molecule has 0 unspecified atom stereocenters. The SMILES string of the molecule is O=C(NN=Cc1cn(-c2ccccc2)nc1-c1ccccc1)c1c[nH]c2ccccc12. The summed E-state index contributed by atoms with van der Waals surface area (Å²) < 4.78 is 1.81. The third-order valence-electron chi connectivity index (χ3n) is 5.01. The fraction of sp³-hybridized carbons (Fsp3) is 0. The lowest BCUT2D eigenvalue weighted by molar-refractivity contribution is 0.0957. The zero-order valence-corrected chi connectivity index (χ0v) is 16.6. The van der Waals surface area contributed by atoms with Crippen LogP contribution < -0.4 is 5.43 Å². The van der Waals surface area contributed by atoms with Crippen LogP contribution in [-0.4, -0.2) is 26.9 Å². The van der Waals surface area contributed by atoms with Crippen LogP contribution in [0.4, 0.5) is 0 Å². The van der Waals surface area contributed by atoms with Gasteiger partial charge >= 0.3 is 0 Å². The number of carbonyl (C=O) groups is 1. The number of carbonyl (C=O) groups excluding carboxylic acids is 1. The minimum atomic E-state index is -0.273. The molecule has 0 radical (unpaired) electrons. The summed E-state index contributed by atoms with van der Waals surface area (Å²) in [6, 6.07) is 27.4. The Balaban J connectivity index is 1.44. The van der Waals surface area contributed by atoms with E-state index in [1.54, 1.807) is 12.4 Å². The summed E-state index contributed by atoms with van der Waals surface area (Å²) >= 11 is 0. The highest BCUT2D eigenvalue weighted by molar-refractivity contribution is 6.06. The van der Waals surface area contributed by atoms with Crippen LogP contribution in [0, 0.1) is 0 Å². The summed E-state index contributed by atoms with van der Waals surface area (Å²) in [4.78, 5) is 15.7. The molecule has 0 fully saturated rings. The molecule has 1 amide bonds. The average Bonchev–Trinajstić information content (AvgIpc) is 3.45. The first kappa shape index (κ1) is 18.6. The van der Waals surface area contributed by atoms with Gasteiger partial charge in [0.2, 0.25) is 0 Å². The lowest BCUT2D eigenvalue weighted by atomic mass is 10.1. The summed E-state index contributed by atoms with van der Waals surface area (Å²) in [5.74, 6) is -0.273. The normalized spacial score (nSPS) is 11.2. The van der Waals surface area contributed by atoms with Gasteiger partial charge in [0, 0.05) is 34.4 Å². The Hall–Kier alpha value is -4.45.